The SMILES string of the molecule is C=CC.C=CC.COCC(C)OCC(C)OC. The van der Waals surface area contributed by atoms with Crippen LogP contribution >= 0.6 is 0 Å². The molecule has 0 aromatic heterocycles. The van der Waals surface area contributed by atoms with Gasteiger partial charge in [-0.2, -0.15) is 0 Å². The minimum absolute atomic E-state index is 0.151. The van der Waals surface area contributed by atoms with Crippen molar-refractivity contribution >= 4 is 0 Å². The zero-order valence-electron chi connectivity index (χ0n) is 12.4. The van der Waals surface area contributed by atoms with Crippen LogP contribution in [0.2, 0.25) is 0 Å². The molecule has 0 saturated carbocycles. The van der Waals surface area contributed by atoms with Crippen molar-refractivity contribution in [2.75, 3.05) is 27.4 Å². The van der Waals surface area contributed by atoms with Gasteiger partial charge in [0, 0.05) is 14.2 Å². The van der Waals surface area contributed by atoms with Gasteiger partial charge >= 0.3 is 0 Å². The Morgan fingerprint density at radius 1 is 0.941 bits per heavy atom. The Labute approximate surface area is 107 Å². The molecule has 0 radical (unpaired) electrons. The van der Waals surface area contributed by atoms with E-state index >= 15 is 0 Å². The molecule has 0 N–H and O–H groups in total. The predicted octanol–water partition coefficient (Wildman–Crippen LogP) is 3.46. The third-order valence-electron chi connectivity index (χ3n) is 1.42. The predicted molar refractivity (Wildman–Crippen MR) is 75.5 cm³/mol. The standard InChI is InChI=1S/C8H18O3.2C3H6/c1-7(10-4)6-11-8(2)5-9-3;2*1-3-2/h7-8H,5-6H2,1-4H3;2*3H,1H2,2H3. The summed E-state index contributed by atoms with van der Waals surface area (Å²) in [6, 6.07) is 0. The van der Waals surface area contributed by atoms with Gasteiger partial charge < -0.3 is 14.2 Å². The molecule has 0 fully saturated rings. The second kappa shape index (κ2) is 20.7. The Kier molecular flexibility index (Phi) is 26.4. The van der Waals surface area contributed by atoms with Gasteiger partial charge in [-0.05, 0) is 27.7 Å². The number of allylic oxidation sites excluding steroid dienone is 2. The minimum atomic E-state index is 0.151. The van der Waals surface area contributed by atoms with Crippen LogP contribution in [0.4, 0.5) is 0 Å². The van der Waals surface area contributed by atoms with Crippen molar-refractivity contribution in [1.82, 2.24) is 0 Å². The van der Waals surface area contributed by atoms with E-state index in [1.54, 1.807) is 26.4 Å². The summed E-state index contributed by atoms with van der Waals surface area (Å²) in [5.41, 5.74) is 0. The molecule has 0 bridgehead atoms. The van der Waals surface area contributed by atoms with E-state index in [1.165, 1.54) is 0 Å². The summed E-state index contributed by atoms with van der Waals surface area (Å²) in [6.07, 6.45) is 3.81. The third kappa shape index (κ3) is 31.3. The average molecular weight is 246 g/mol. The van der Waals surface area contributed by atoms with Gasteiger partial charge in [0.15, 0.2) is 0 Å². The van der Waals surface area contributed by atoms with Crippen LogP contribution in [0, 0.1) is 0 Å². The van der Waals surface area contributed by atoms with E-state index in [0.29, 0.717) is 13.2 Å². The summed E-state index contributed by atoms with van der Waals surface area (Å²) < 4.78 is 15.3. The monoisotopic (exact) mass is 246 g/mol. The van der Waals surface area contributed by atoms with Crippen molar-refractivity contribution in [2.45, 2.75) is 39.9 Å². The lowest BCUT2D eigenvalue weighted by Crippen LogP contribution is -2.21. The highest BCUT2D eigenvalue weighted by Gasteiger charge is 2.04. The molecule has 0 aromatic rings. The van der Waals surface area contributed by atoms with Gasteiger partial charge in [-0.1, -0.05) is 12.2 Å². The minimum Gasteiger partial charge on any atom is -0.382 e. The van der Waals surface area contributed by atoms with Gasteiger partial charge in [-0.25, -0.2) is 0 Å². The average Bonchev–Trinajstić information content (AvgIpc) is 2.28. The highest BCUT2D eigenvalue weighted by Crippen LogP contribution is 1.95. The van der Waals surface area contributed by atoms with E-state index in [4.69, 9.17) is 14.2 Å². The van der Waals surface area contributed by atoms with Crippen molar-refractivity contribution in [3.8, 4) is 0 Å². The van der Waals surface area contributed by atoms with Crippen LogP contribution in [0.25, 0.3) is 0 Å². The molecular weight excluding hydrogens is 216 g/mol. The highest BCUT2D eigenvalue weighted by molar-refractivity contribution is 4.52. The Bertz CT molecular complexity index is 140. The maximum absolute atomic E-state index is 5.39. The molecule has 2 unspecified atom stereocenters. The molecule has 2 atom stereocenters. The molecular formula is C14H30O3. The number of ether oxygens (including phenoxy) is 3. The van der Waals surface area contributed by atoms with E-state index < -0.39 is 0 Å². The first-order valence-corrected chi connectivity index (χ1v) is 5.81. The quantitative estimate of drug-likeness (QED) is 0.672. The first-order chi connectivity index (χ1) is 8.03. The number of methoxy groups -OCH3 is 2. The van der Waals surface area contributed by atoms with E-state index in [-0.39, 0.29) is 12.2 Å². The van der Waals surface area contributed by atoms with Gasteiger partial charge in [0.2, 0.25) is 0 Å². The summed E-state index contributed by atoms with van der Waals surface area (Å²) in [5, 5.41) is 0. The summed E-state index contributed by atoms with van der Waals surface area (Å²) in [7, 11) is 3.34. The van der Waals surface area contributed by atoms with E-state index in [2.05, 4.69) is 13.2 Å². The third-order valence-corrected chi connectivity index (χ3v) is 1.42. The molecule has 0 amide bonds. The molecule has 0 aliphatic carbocycles. The van der Waals surface area contributed by atoms with Crippen molar-refractivity contribution in [3.63, 3.8) is 0 Å². The Hall–Kier alpha value is -0.640. The summed E-state index contributed by atoms with van der Waals surface area (Å²) >= 11 is 0. The first kappa shape index (κ1) is 21.6. The van der Waals surface area contributed by atoms with E-state index in [9.17, 15) is 0 Å². The normalized spacial score (nSPS) is 12.1. The van der Waals surface area contributed by atoms with Gasteiger partial charge in [0.1, 0.15) is 0 Å². The molecule has 0 aliphatic heterocycles. The zero-order chi connectivity index (χ0) is 14.1. The van der Waals surface area contributed by atoms with Crippen LogP contribution in [0.1, 0.15) is 27.7 Å². The second-order valence-corrected chi connectivity index (χ2v) is 3.46. The number of hydrogen-bond acceptors (Lipinski definition) is 3. The maximum Gasteiger partial charge on any atom is 0.0781 e. The molecule has 104 valence electrons. The topological polar surface area (TPSA) is 27.7 Å². The van der Waals surface area contributed by atoms with Crippen LogP contribution in [0.15, 0.2) is 25.3 Å². The molecule has 0 aliphatic rings. The van der Waals surface area contributed by atoms with Crippen molar-refractivity contribution in [2.24, 2.45) is 0 Å². The molecule has 0 spiro atoms. The van der Waals surface area contributed by atoms with Crippen LogP contribution in [0.5, 0.6) is 0 Å². The molecule has 17 heavy (non-hydrogen) atoms. The molecule has 0 aromatic carbocycles. The van der Waals surface area contributed by atoms with Crippen molar-refractivity contribution in [3.05, 3.63) is 25.3 Å². The fraction of sp³-hybridized carbons (Fsp3) is 0.714. The Morgan fingerprint density at radius 2 is 1.35 bits per heavy atom. The molecule has 3 heteroatoms. The summed E-state index contributed by atoms with van der Waals surface area (Å²) in [5.74, 6) is 0. The second-order valence-electron chi connectivity index (χ2n) is 3.46. The van der Waals surface area contributed by atoms with Crippen LogP contribution in [-0.4, -0.2) is 39.6 Å². The first-order valence-electron chi connectivity index (χ1n) is 5.81. The molecule has 0 heterocycles. The lowest BCUT2D eigenvalue weighted by Gasteiger charge is -2.14. The van der Waals surface area contributed by atoms with Crippen molar-refractivity contribution in [1.29, 1.82) is 0 Å². The smallest absolute Gasteiger partial charge is 0.0781 e. The van der Waals surface area contributed by atoms with Gasteiger partial charge in [0.25, 0.3) is 0 Å². The van der Waals surface area contributed by atoms with Crippen LogP contribution in [-0.2, 0) is 14.2 Å². The molecule has 3 nitrogen and oxygen atoms in total. The van der Waals surface area contributed by atoms with Gasteiger partial charge in [0.05, 0.1) is 25.4 Å². The lowest BCUT2D eigenvalue weighted by molar-refractivity contribution is -0.0386. The zero-order valence-corrected chi connectivity index (χ0v) is 12.4. The number of hydrogen-bond donors (Lipinski definition) is 0. The van der Waals surface area contributed by atoms with E-state index in [1.807, 2.05) is 27.7 Å². The maximum atomic E-state index is 5.39. The molecule has 0 rings (SSSR count). The fourth-order valence-electron chi connectivity index (χ4n) is 0.651. The summed E-state index contributed by atoms with van der Waals surface area (Å²) in [6.45, 7) is 15.7. The van der Waals surface area contributed by atoms with E-state index in [0.717, 1.165) is 0 Å². The van der Waals surface area contributed by atoms with Gasteiger partial charge in [-0.3, -0.25) is 0 Å². The largest absolute Gasteiger partial charge is 0.382 e. The number of rotatable bonds is 6. The Morgan fingerprint density at radius 3 is 1.65 bits per heavy atom. The highest BCUT2D eigenvalue weighted by atomic mass is 16.5. The van der Waals surface area contributed by atoms with Gasteiger partial charge in [-0.15, -0.1) is 13.2 Å². The lowest BCUT2D eigenvalue weighted by atomic mass is 10.4. The van der Waals surface area contributed by atoms with Crippen LogP contribution < -0.4 is 0 Å². The summed E-state index contributed by atoms with van der Waals surface area (Å²) in [4.78, 5) is 0. The van der Waals surface area contributed by atoms with Crippen LogP contribution in [0.3, 0.4) is 0 Å². The van der Waals surface area contributed by atoms with Crippen molar-refractivity contribution < 1.29 is 14.2 Å². The molecule has 0 saturated heterocycles. The Balaban J connectivity index is -0.000000273. The fourth-order valence-corrected chi connectivity index (χ4v) is 0.651.